The fourth-order valence-electron chi connectivity index (χ4n) is 1.38. The first-order chi connectivity index (χ1) is 9.97. The van der Waals surface area contributed by atoms with E-state index in [-0.39, 0.29) is 36.4 Å². The lowest BCUT2D eigenvalue weighted by Crippen LogP contribution is -2.39. The van der Waals surface area contributed by atoms with Gasteiger partial charge in [-0.3, -0.25) is 4.79 Å². The maximum Gasteiger partial charge on any atom is 0.243 e. The SMILES string of the molecule is C=C(C)CNC(=NCC(=O)N(C)C)NCCCCOCC.I. The van der Waals surface area contributed by atoms with Crippen molar-refractivity contribution in [1.82, 2.24) is 15.5 Å². The second-order valence-electron chi connectivity index (χ2n) is 5.09. The Kier molecular flexibility index (Phi) is 16.1. The Morgan fingerprint density at radius 2 is 1.95 bits per heavy atom. The van der Waals surface area contributed by atoms with E-state index in [2.05, 4.69) is 22.2 Å². The summed E-state index contributed by atoms with van der Waals surface area (Å²) in [5, 5.41) is 6.37. The summed E-state index contributed by atoms with van der Waals surface area (Å²) < 4.78 is 5.29. The van der Waals surface area contributed by atoms with Crippen LogP contribution in [0.4, 0.5) is 0 Å². The highest BCUT2D eigenvalue weighted by Gasteiger charge is 2.04. The van der Waals surface area contributed by atoms with Crippen molar-refractivity contribution in [1.29, 1.82) is 0 Å². The predicted octanol–water partition coefficient (Wildman–Crippen LogP) is 1.62. The fourth-order valence-corrected chi connectivity index (χ4v) is 1.38. The number of rotatable bonds is 10. The molecule has 0 atom stereocenters. The van der Waals surface area contributed by atoms with Gasteiger partial charge >= 0.3 is 0 Å². The number of hydrogen-bond acceptors (Lipinski definition) is 3. The van der Waals surface area contributed by atoms with E-state index in [4.69, 9.17) is 4.74 Å². The molecule has 22 heavy (non-hydrogen) atoms. The van der Waals surface area contributed by atoms with E-state index in [0.717, 1.165) is 38.2 Å². The molecule has 0 radical (unpaired) electrons. The minimum absolute atomic E-state index is 0. The molecule has 0 saturated heterocycles. The molecule has 1 amide bonds. The summed E-state index contributed by atoms with van der Waals surface area (Å²) in [6, 6.07) is 0. The first-order valence-electron chi connectivity index (χ1n) is 7.41. The first kappa shape index (κ1) is 23.4. The molecule has 0 aliphatic carbocycles. The second-order valence-corrected chi connectivity index (χ2v) is 5.09. The van der Waals surface area contributed by atoms with Crippen LogP contribution in [0.25, 0.3) is 0 Å². The standard InChI is InChI=1S/C15H30N4O2.HI/c1-6-21-10-8-7-9-16-15(17-11-13(2)3)18-12-14(20)19(4)5;/h2,6-12H2,1,3-5H3,(H2,16,17,18);1H. The molecular weight excluding hydrogens is 395 g/mol. The number of aliphatic imine (C=N–C) groups is 1. The summed E-state index contributed by atoms with van der Waals surface area (Å²) in [4.78, 5) is 17.4. The van der Waals surface area contributed by atoms with Crippen molar-refractivity contribution in [3.05, 3.63) is 12.2 Å². The van der Waals surface area contributed by atoms with E-state index in [9.17, 15) is 4.79 Å². The van der Waals surface area contributed by atoms with E-state index < -0.39 is 0 Å². The molecule has 0 heterocycles. The molecule has 0 aromatic heterocycles. The van der Waals surface area contributed by atoms with Crippen molar-refractivity contribution in [3.8, 4) is 0 Å². The van der Waals surface area contributed by atoms with Crippen LogP contribution in [0.5, 0.6) is 0 Å². The van der Waals surface area contributed by atoms with Crippen LogP contribution in [0.3, 0.4) is 0 Å². The number of halogens is 1. The van der Waals surface area contributed by atoms with Crippen LogP contribution in [-0.2, 0) is 9.53 Å². The number of ether oxygens (including phenoxy) is 1. The Bertz CT molecular complexity index is 346. The molecule has 0 fully saturated rings. The molecule has 0 rings (SSSR count). The number of carbonyl (C=O) groups excluding carboxylic acids is 1. The molecule has 0 aromatic rings. The van der Waals surface area contributed by atoms with Crippen molar-refractivity contribution in [2.24, 2.45) is 4.99 Å². The molecular formula is C15H31IN4O2. The van der Waals surface area contributed by atoms with Crippen molar-refractivity contribution in [2.45, 2.75) is 26.7 Å². The van der Waals surface area contributed by atoms with Gasteiger partial charge in [-0.1, -0.05) is 12.2 Å². The van der Waals surface area contributed by atoms with Crippen LogP contribution < -0.4 is 10.6 Å². The molecule has 0 aliphatic heterocycles. The normalized spacial score (nSPS) is 10.6. The Morgan fingerprint density at radius 1 is 1.27 bits per heavy atom. The average molecular weight is 426 g/mol. The summed E-state index contributed by atoms with van der Waals surface area (Å²) in [5.74, 6) is 0.618. The lowest BCUT2D eigenvalue weighted by Gasteiger charge is -2.13. The number of carbonyl (C=O) groups is 1. The van der Waals surface area contributed by atoms with E-state index in [1.54, 1.807) is 14.1 Å². The first-order valence-corrected chi connectivity index (χ1v) is 7.41. The van der Waals surface area contributed by atoms with Gasteiger partial charge in [0.25, 0.3) is 0 Å². The maximum atomic E-state index is 11.6. The number of nitrogens with zero attached hydrogens (tertiary/aromatic N) is 2. The molecule has 7 heteroatoms. The predicted molar refractivity (Wildman–Crippen MR) is 103 cm³/mol. The maximum absolute atomic E-state index is 11.6. The second kappa shape index (κ2) is 15.1. The highest BCUT2D eigenvalue weighted by atomic mass is 127. The van der Waals surface area contributed by atoms with Gasteiger partial charge in [0.2, 0.25) is 5.91 Å². The molecule has 0 unspecified atom stereocenters. The highest BCUT2D eigenvalue weighted by molar-refractivity contribution is 14.0. The van der Waals surface area contributed by atoms with Crippen LogP contribution in [0, 0.1) is 0 Å². The molecule has 0 spiro atoms. The van der Waals surface area contributed by atoms with Gasteiger partial charge in [0.15, 0.2) is 5.96 Å². The number of hydrogen-bond donors (Lipinski definition) is 2. The van der Waals surface area contributed by atoms with Crippen molar-refractivity contribution >= 4 is 35.8 Å². The molecule has 0 saturated carbocycles. The third-order valence-electron chi connectivity index (χ3n) is 2.64. The number of likely N-dealkylation sites (N-methyl/N-ethyl adjacent to an activating group) is 1. The fraction of sp³-hybridized carbons (Fsp3) is 0.733. The molecule has 130 valence electrons. The van der Waals surface area contributed by atoms with Crippen LogP contribution in [-0.4, -0.2) is 63.7 Å². The number of amides is 1. The number of nitrogens with one attached hydrogen (secondary N) is 2. The van der Waals surface area contributed by atoms with Gasteiger partial charge in [0.05, 0.1) is 0 Å². The summed E-state index contributed by atoms with van der Waals surface area (Å²) in [7, 11) is 3.44. The number of unbranched alkanes of at least 4 members (excludes halogenated alkanes) is 1. The van der Waals surface area contributed by atoms with Crippen LogP contribution in [0.2, 0.25) is 0 Å². The van der Waals surface area contributed by atoms with Crippen LogP contribution in [0.15, 0.2) is 17.1 Å². The summed E-state index contributed by atoms with van der Waals surface area (Å²) in [6.45, 7) is 10.9. The molecule has 6 nitrogen and oxygen atoms in total. The summed E-state index contributed by atoms with van der Waals surface area (Å²) >= 11 is 0. The van der Waals surface area contributed by atoms with Gasteiger partial charge in [0, 0.05) is 40.4 Å². The molecule has 0 aliphatic rings. The van der Waals surface area contributed by atoms with E-state index in [0.29, 0.717) is 12.5 Å². The Balaban J connectivity index is 0. The van der Waals surface area contributed by atoms with Gasteiger partial charge < -0.3 is 20.3 Å². The monoisotopic (exact) mass is 426 g/mol. The molecule has 0 bridgehead atoms. The van der Waals surface area contributed by atoms with E-state index >= 15 is 0 Å². The quantitative estimate of drug-likeness (QED) is 0.183. The summed E-state index contributed by atoms with van der Waals surface area (Å²) in [6.07, 6.45) is 2.00. The summed E-state index contributed by atoms with van der Waals surface area (Å²) in [5.41, 5.74) is 1.01. The van der Waals surface area contributed by atoms with Crippen molar-refractivity contribution < 1.29 is 9.53 Å². The zero-order valence-corrected chi connectivity index (χ0v) is 16.6. The molecule has 0 aromatic carbocycles. The van der Waals surface area contributed by atoms with Gasteiger partial charge in [-0.15, -0.1) is 24.0 Å². The zero-order chi connectivity index (χ0) is 16.1. The Hall–Kier alpha value is -0.830. The van der Waals surface area contributed by atoms with Crippen LogP contribution in [0.1, 0.15) is 26.7 Å². The number of guanidine groups is 1. The smallest absolute Gasteiger partial charge is 0.243 e. The van der Waals surface area contributed by atoms with Crippen LogP contribution >= 0.6 is 24.0 Å². The van der Waals surface area contributed by atoms with Gasteiger partial charge in [-0.25, -0.2) is 4.99 Å². The Labute approximate surface area is 151 Å². The lowest BCUT2D eigenvalue weighted by molar-refractivity contribution is -0.127. The molecule has 2 N–H and O–H groups in total. The minimum atomic E-state index is -0.0252. The van der Waals surface area contributed by atoms with E-state index in [1.807, 2.05) is 13.8 Å². The minimum Gasteiger partial charge on any atom is -0.382 e. The third kappa shape index (κ3) is 14.1. The largest absolute Gasteiger partial charge is 0.382 e. The van der Waals surface area contributed by atoms with Crippen molar-refractivity contribution in [2.75, 3.05) is 46.9 Å². The van der Waals surface area contributed by atoms with E-state index in [1.165, 1.54) is 4.90 Å². The lowest BCUT2D eigenvalue weighted by atomic mass is 10.3. The topological polar surface area (TPSA) is 66.0 Å². The van der Waals surface area contributed by atoms with Gasteiger partial charge in [0.1, 0.15) is 6.54 Å². The Morgan fingerprint density at radius 3 is 2.50 bits per heavy atom. The van der Waals surface area contributed by atoms with Crippen molar-refractivity contribution in [3.63, 3.8) is 0 Å². The zero-order valence-electron chi connectivity index (χ0n) is 14.3. The highest BCUT2D eigenvalue weighted by Crippen LogP contribution is 1.89. The average Bonchev–Trinajstić information content (AvgIpc) is 2.43. The van der Waals surface area contributed by atoms with Gasteiger partial charge in [-0.2, -0.15) is 0 Å². The van der Waals surface area contributed by atoms with Gasteiger partial charge in [-0.05, 0) is 26.7 Å². The third-order valence-corrected chi connectivity index (χ3v) is 2.64.